The highest BCUT2D eigenvalue weighted by Crippen LogP contribution is 2.60. The molecule has 0 amide bonds. The van der Waals surface area contributed by atoms with Gasteiger partial charge in [0, 0.05) is 19.6 Å². The minimum atomic E-state index is 0.494. The number of rotatable bonds is 4. The maximum atomic E-state index is 3.61. The van der Waals surface area contributed by atoms with E-state index >= 15 is 0 Å². The highest BCUT2D eigenvalue weighted by atomic mass is 15.0. The first kappa shape index (κ1) is 76.6. The zero-order valence-corrected chi connectivity index (χ0v) is 65.2. The summed E-state index contributed by atoms with van der Waals surface area (Å²) in [6.07, 6.45) is 66.6. The number of nitrogens with one attached hydrogen (secondary N) is 3. The molecule has 11 saturated carbocycles. The molecule has 0 aromatic carbocycles. The smallest absolute Gasteiger partial charge is 0.00113 e. The molecule has 0 bridgehead atoms. The molecule has 14 aliphatic rings. The Morgan fingerprint density at radius 1 is 0.264 bits per heavy atom. The predicted molar refractivity (Wildman–Crippen MR) is 401 cm³/mol. The van der Waals surface area contributed by atoms with Gasteiger partial charge in [-0.25, -0.2) is 0 Å². The van der Waals surface area contributed by atoms with Crippen LogP contribution in [0.25, 0.3) is 0 Å². The van der Waals surface area contributed by atoms with E-state index in [1.165, 1.54) is 245 Å². The minimum absolute atomic E-state index is 0.494. The Morgan fingerprint density at radius 2 is 0.615 bits per heavy atom. The zero-order chi connectivity index (χ0) is 65.8. The van der Waals surface area contributed by atoms with Crippen LogP contribution < -0.4 is 16.0 Å². The molecular weight excluding hydrogens is 1100 g/mol. The van der Waals surface area contributed by atoms with Crippen molar-refractivity contribution in [2.24, 2.45) is 119 Å². The Labute approximate surface area is 571 Å². The third-order valence-corrected chi connectivity index (χ3v) is 31.2. The molecule has 8 unspecified atom stereocenters. The summed E-state index contributed by atoms with van der Waals surface area (Å²) in [5, 5.41) is 10.7. The molecule has 14 fully saturated rings. The topological polar surface area (TPSA) is 36.1 Å². The Bertz CT molecular complexity index is 1970. The average molecular weight is 1270 g/mol. The molecule has 3 nitrogen and oxygen atoms in total. The summed E-state index contributed by atoms with van der Waals surface area (Å²) in [5.74, 6) is 10.7. The summed E-state index contributed by atoms with van der Waals surface area (Å²) in [6.45, 7) is 48.7. The lowest BCUT2D eigenvalue weighted by molar-refractivity contribution is 0.0491. The average Bonchev–Trinajstić information content (AvgIpc) is 2.42. The molecule has 0 aromatic heterocycles. The molecule has 3 aliphatic heterocycles. The van der Waals surface area contributed by atoms with Gasteiger partial charge >= 0.3 is 0 Å². The van der Waals surface area contributed by atoms with Crippen molar-refractivity contribution in [2.75, 3.05) is 39.3 Å². The third kappa shape index (κ3) is 21.0. The van der Waals surface area contributed by atoms with Gasteiger partial charge in [0.15, 0.2) is 0 Å². The molecule has 0 radical (unpaired) electrons. The van der Waals surface area contributed by atoms with Gasteiger partial charge in [-0.15, -0.1) is 0 Å². The van der Waals surface area contributed by atoms with E-state index in [9.17, 15) is 0 Å². The van der Waals surface area contributed by atoms with Crippen molar-refractivity contribution < 1.29 is 0 Å². The summed E-state index contributed by atoms with van der Waals surface area (Å²) >= 11 is 0. The Morgan fingerprint density at radius 3 is 1.08 bits per heavy atom. The van der Waals surface area contributed by atoms with Crippen LogP contribution in [0.4, 0.5) is 0 Å². The SMILES string of the molecule is CC(C)(C)C1CCCC12CCCCC2.CC(C)(C)C1CCCC2(CCNC2)C1.CC(C)(C)C1CNCC12CCCC2.CC(C)C1CCC2(CCCC2)C1.CC(C)C1CCC2(CCCC2)CC1.CC(C)C1CCC2(CCNC2)C1.CC(C)C1CCCC2(CCCC2)C1. The van der Waals surface area contributed by atoms with E-state index in [1.807, 2.05) is 0 Å². The van der Waals surface area contributed by atoms with Crippen molar-refractivity contribution in [3.05, 3.63) is 0 Å². The normalized spacial score (nSPS) is 34.5. The van der Waals surface area contributed by atoms with Gasteiger partial charge in [0.25, 0.3) is 0 Å². The maximum absolute atomic E-state index is 3.61. The lowest BCUT2D eigenvalue weighted by atomic mass is 9.60. The van der Waals surface area contributed by atoms with Crippen LogP contribution >= 0.6 is 0 Å². The summed E-state index contributed by atoms with van der Waals surface area (Å²) in [4.78, 5) is 0. The van der Waals surface area contributed by atoms with Gasteiger partial charge in [-0.2, -0.15) is 0 Å². The molecular formula is C88H165N3. The van der Waals surface area contributed by atoms with E-state index in [1.54, 1.807) is 77.0 Å². The number of hydrogen-bond donors (Lipinski definition) is 3. The van der Waals surface area contributed by atoms with E-state index in [4.69, 9.17) is 0 Å². The summed E-state index contributed by atoms with van der Waals surface area (Å²) in [6, 6.07) is 0. The molecule has 8 atom stereocenters. The number of hydrogen-bond acceptors (Lipinski definition) is 3. The van der Waals surface area contributed by atoms with Gasteiger partial charge in [-0.05, 0) is 325 Å². The minimum Gasteiger partial charge on any atom is -0.316 e. The lowest BCUT2D eigenvalue weighted by Crippen LogP contribution is -2.36. The van der Waals surface area contributed by atoms with Gasteiger partial charge in [-0.1, -0.05) is 214 Å². The second-order valence-electron chi connectivity index (χ2n) is 41.7. The van der Waals surface area contributed by atoms with Crippen LogP contribution in [0.15, 0.2) is 0 Å². The van der Waals surface area contributed by atoms with Gasteiger partial charge in [0.1, 0.15) is 0 Å². The summed E-state index contributed by atoms with van der Waals surface area (Å²) in [5.41, 5.74) is 6.95. The highest BCUT2D eigenvalue weighted by Gasteiger charge is 2.51. The molecule has 3 heterocycles. The second kappa shape index (κ2) is 33.4. The van der Waals surface area contributed by atoms with E-state index in [0.717, 1.165) is 92.2 Å². The maximum Gasteiger partial charge on any atom is 0.00113 e. The summed E-state index contributed by atoms with van der Waals surface area (Å²) in [7, 11) is 0. The second-order valence-corrected chi connectivity index (χ2v) is 41.7. The van der Waals surface area contributed by atoms with Crippen LogP contribution in [0.3, 0.4) is 0 Å². The van der Waals surface area contributed by atoms with Crippen LogP contribution in [-0.4, -0.2) is 39.3 Å². The van der Waals surface area contributed by atoms with Crippen LogP contribution in [0.5, 0.6) is 0 Å². The van der Waals surface area contributed by atoms with E-state index in [-0.39, 0.29) is 0 Å². The molecule has 7 spiro atoms. The fraction of sp³-hybridized carbons (Fsp3) is 1.00. The molecule has 0 aromatic rings. The monoisotopic (exact) mass is 1260 g/mol. The Hall–Kier alpha value is -0.120. The van der Waals surface area contributed by atoms with E-state index < -0.39 is 0 Å². The molecule has 14 rings (SSSR count). The Kier molecular flexibility index (Phi) is 28.1. The first-order valence-electron chi connectivity index (χ1n) is 42.1. The fourth-order valence-corrected chi connectivity index (χ4v) is 24.9. The van der Waals surface area contributed by atoms with Crippen molar-refractivity contribution in [1.82, 2.24) is 16.0 Å². The molecule has 532 valence electrons. The molecule has 11 aliphatic carbocycles. The van der Waals surface area contributed by atoms with Crippen molar-refractivity contribution in [1.29, 1.82) is 0 Å². The van der Waals surface area contributed by atoms with Crippen LogP contribution in [0.1, 0.15) is 400 Å². The molecule has 3 heteroatoms. The quantitative estimate of drug-likeness (QED) is 0.263. The molecule has 91 heavy (non-hydrogen) atoms. The van der Waals surface area contributed by atoms with Crippen LogP contribution in [0.2, 0.25) is 0 Å². The van der Waals surface area contributed by atoms with Gasteiger partial charge < -0.3 is 16.0 Å². The molecule has 3 saturated heterocycles. The molecule has 3 N–H and O–H groups in total. The van der Waals surface area contributed by atoms with Crippen molar-refractivity contribution in [3.63, 3.8) is 0 Å². The van der Waals surface area contributed by atoms with Crippen molar-refractivity contribution >= 4 is 0 Å². The van der Waals surface area contributed by atoms with E-state index in [0.29, 0.717) is 27.1 Å². The van der Waals surface area contributed by atoms with Crippen molar-refractivity contribution in [3.8, 4) is 0 Å². The predicted octanol–water partition coefficient (Wildman–Crippen LogP) is 26.0. The summed E-state index contributed by atoms with van der Waals surface area (Å²) < 4.78 is 0. The standard InChI is InChI=1S/C14H26.C13H25N.2C13H24.C12H23N.C12H22.C11H21N/c1-13(2,3)12-8-7-11-14(12)9-5-4-6-10-14;1-12(2,3)11-5-4-6-13(9-11)7-8-14-10-13;1-11(2)12-5-9-13(10-6-12)7-3-4-8-13;1-11(2)12-6-5-9-13(10-12)7-3-4-8-13;1-11(2,3)10-8-13-9-12(10)6-4-5-7-12;1-10(2)11-5-8-12(9-11)6-3-4-7-12;1-9(2)10-3-4-11(7-10)5-6-12-8-11/h12H,4-11H2,1-3H3;11,14H,4-10H2,1-3H3;2*11-12H,3-10H2,1-2H3;10,13H,4-9H2,1-3H3;10-11H,3-9H2,1-2H3;9-10,12H,3-8H2,1-2H3. The zero-order valence-electron chi connectivity index (χ0n) is 65.2. The largest absolute Gasteiger partial charge is 0.316 e. The first-order valence-corrected chi connectivity index (χ1v) is 42.1. The van der Waals surface area contributed by atoms with Gasteiger partial charge in [-0.3, -0.25) is 0 Å². The first-order chi connectivity index (χ1) is 43.0. The van der Waals surface area contributed by atoms with Gasteiger partial charge in [0.2, 0.25) is 0 Å². The van der Waals surface area contributed by atoms with Gasteiger partial charge in [0.05, 0.1) is 0 Å². The van der Waals surface area contributed by atoms with Crippen LogP contribution in [-0.2, 0) is 0 Å². The van der Waals surface area contributed by atoms with E-state index in [2.05, 4.69) is 134 Å². The third-order valence-electron chi connectivity index (χ3n) is 31.2. The fourth-order valence-electron chi connectivity index (χ4n) is 24.9. The lowest BCUT2D eigenvalue weighted by Gasteiger charge is -2.45. The Balaban J connectivity index is 0.000000137. The highest BCUT2D eigenvalue weighted by molar-refractivity contribution is 5.03. The van der Waals surface area contributed by atoms with Crippen LogP contribution in [0, 0.1) is 119 Å². The van der Waals surface area contributed by atoms with Crippen molar-refractivity contribution in [2.45, 2.75) is 400 Å².